The first kappa shape index (κ1) is 2.67. The molecular weight excluding hydrogens is 70.9 g/mol. The monoisotopic (exact) mass is 80.1 g/mol. The minimum atomic E-state index is 0.664. The molecule has 1 rings (SSSR count). The fraction of sp³-hybridized carbons (Fsp3) is 0.200. The zero-order chi connectivity index (χ0) is 5.28. The zero-order valence-corrected chi connectivity index (χ0v) is 3.86. The minimum absolute atomic E-state index is 0.664. The highest BCUT2D eigenvalue weighted by atomic mass is 13.7. The summed E-state index contributed by atoms with van der Waals surface area (Å²) in [5, 5.41) is 0. The number of hydrogen-bond acceptors (Lipinski definition) is 0. The first-order chi connectivity index (χ1) is 3.29. The van der Waals surface area contributed by atoms with Gasteiger partial charge in [-0.15, -0.1) is 11.4 Å². The number of hydrogen-bond donors (Lipinski definition) is 0. The molecule has 0 aromatic carbocycles. The van der Waals surface area contributed by atoms with Gasteiger partial charge in [0.1, 0.15) is 0 Å². The Morgan fingerprint density at radius 3 is 3.00 bits per heavy atom. The van der Waals surface area contributed by atoms with Crippen LogP contribution in [0, 0.1) is 0 Å². The average Bonchev–Trinajstić information content (AvgIpc) is 1.87. The molecule has 0 amide bonds. The molecule has 0 saturated carbocycles. The maximum absolute atomic E-state index is 7.05. The van der Waals surface area contributed by atoms with Crippen molar-refractivity contribution >= 4 is 7.28 Å². The van der Waals surface area contributed by atoms with Crippen LogP contribution in [0.5, 0.6) is 0 Å². The molecule has 0 saturated heterocycles. The van der Waals surface area contributed by atoms with Crippen molar-refractivity contribution < 1.29 is 1.37 Å². The standard InChI is InChI=1S/C5H7B/c1-5-3-2-4-6-5/h2-4,6H,1H3/i2T. The predicted molar refractivity (Wildman–Crippen MR) is 30.0 cm³/mol. The lowest BCUT2D eigenvalue weighted by Crippen LogP contribution is -1.77. The van der Waals surface area contributed by atoms with Gasteiger partial charge in [0.05, 0.1) is 1.37 Å². The SMILES string of the molecule is [3H]C1=CBC(C)=C1. The van der Waals surface area contributed by atoms with E-state index in [2.05, 4.69) is 0 Å². The Bertz CT molecular complexity index is 135. The van der Waals surface area contributed by atoms with E-state index < -0.39 is 0 Å². The van der Waals surface area contributed by atoms with Crippen molar-refractivity contribution in [2.24, 2.45) is 0 Å². The second kappa shape index (κ2) is 1.33. The molecule has 6 heavy (non-hydrogen) atoms. The summed E-state index contributed by atoms with van der Waals surface area (Å²) in [6.07, 6.45) is 1.89. The van der Waals surface area contributed by atoms with Gasteiger partial charge in [0.2, 0.25) is 0 Å². The predicted octanol–water partition coefficient (Wildman–Crippen LogP) is 0.854. The third-order valence-electron chi connectivity index (χ3n) is 0.872. The molecule has 0 unspecified atom stereocenters. The highest BCUT2D eigenvalue weighted by molar-refractivity contribution is 6.52. The van der Waals surface area contributed by atoms with Crippen LogP contribution in [0.15, 0.2) is 23.6 Å². The first-order valence-electron chi connectivity index (χ1n) is 2.63. The molecule has 30 valence electrons. The van der Waals surface area contributed by atoms with E-state index in [4.69, 9.17) is 1.37 Å². The van der Waals surface area contributed by atoms with Gasteiger partial charge in [-0.05, 0) is 0 Å². The van der Waals surface area contributed by atoms with E-state index in [0.29, 0.717) is 6.05 Å². The van der Waals surface area contributed by atoms with E-state index in [1.165, 1.54) is 5.47 Å². The molecule has 0 fully saturated rings. The molecule has 0 aromatic rings. The smallest absolute Gasteiger partial charge is 0.114 e. The van der Waals surface area contributed by atoms with E-state index in [0.717, 1.165) is 7.28 Å². The normalized spacial score (nSPS) is 21.2. The van der Waals surface area contributed by atoms with Crippen LogP contribution < -0.4 is 0 Å². The van der Waals surface area contributed by atoms with Crippen LogP contribution in [0.4, 0.5) is 0 Å². The largest absolute Gasteiger partial charge is 0.177 e. The Labute approximate surface area is 40.2 Å². The Morgan fingerprint density at radius 2 is 2.83 bits per heavy atom. The van der Waals surface area contributed by atoms with E-state index in [1.54, 1.807) is 0 Å². The maximum Gasteiger partial charge on any atom is 0.177 e. The highest BCUT2D eigenvalue weighted by Gasteiger charge is 1.89. The van der Waals surface area contributed by atoms with Crippen LogP contribution >= 0.6 is 0 Å². The number of allylic oxidation sites excluding steroid dienone is 3. The third-order valence-corrected chi connectivity index (χ3v) is 0.872. The summed E-state index contributed by atoms with van der Waals surface area (Å²) in [4.78, 5) is 0. The molecule has 0 aromatic heterocycles. The molecule has 0 radical (unpaired) electrons. The van der Waals surface area contributed by atoms with Crippen molar-refractivity contribution in [2.75, 3.05) is 0 Å². The van der Waals surface area contributed by atoms with Crippen LogP contribution in [0.1, 0.15) is 8.29 Å². The molecule has 0 spiro atoms. The Hall–Kier alpha value is -0.455. The molecule has 1 heteroatoms. The second-order valence-electron chi connectivity index (χ2n) is 1.57. The van der Waals surface area contributed by atoms with Crippen molar-refractivity contribution in [1.82, 2.24) is 0 Å². The summed E-state index contributed by atoms with van der Waals surface area (Å²) in [7, 11) is 0.985. The lowest BCUT2D eigenvalue weighted by atomic mass is 9.74. The average molecular weight is 79.9 g/mol. The molecule has 0 bridgehead atoms. The quantitative estimate of drug-likeness (QED) is 0.378. The van der Waals surface area contributed by atoms with Crippen molar-refractivity contribution in [3.63, 3.8) is 0 Å². The zero-order valence-electron chi connectivity index (χ0n) is 4.86. The summed E-state index contributed by atoms with van der Waals surface area (Å²) in [5.41, 5.74) is 1.30. The third kappa shape index (κ3) is 0.536. The van der Waals surface area contributed by atoms with Gasteiger partial charge in [-0.25, -0.2) is 0 Å². The van der Waals surface area contributed by atoms with Gasteiger partial charge in [-0.2, -0.15) is 0 Å². The molecule has 1 aliphatic rings. The Balaban J connectivity index is 2.69. The Morgan fingerprint density at radius 1 is 2.00 bits per heavy atom. The molecule has 0 aliphatic carbocycles. The molecule has 1 aliphatic heterocycles. The molecule has 1 heterocycles. The summed E-state index contributed by atoms with van der Waals surface area (Å²) in [5.74, 6) is 1.91. The molecule has 0 N–H and O–H groups in total. The first-order valence-corrected chi connectivity index (χ1v) is 2.13. The summed E-state index contributed by atoms with van der Waals surface area (Å²) in [6.45, 7) is 2.04. The van der Waals surface area contributed by atoms with E-state index in [-0.39, 0.29) is 0 Å². The number of rotatable bonds is 0. The van der Waals surface area contributed by atoms with Gasteiger partial charge in [-0.1, -0.05) is 19.1 Å². The van der Waals surface area contributed by atoms with Crippen LogP contribution in [-0.4, -0.2) is 7.28 Å². The summed E-state index contributed by atoms with van der Waals surface area (Å²) >= 11 is 0. The molecule has 0 nitrogen and oxygen atoms in total. The lowest BCUT2D eigenvalue weighted by molar-refractivity contribution is 1.67. The van der Waals surface area contributed by atoms with E-state index in [1.807, 2.05) is 19.0 Å². The maximum atomic E-state index is 7.05. The van der Waals surface area contributed by atoms with Crippen molar-refractivity contribution in [1.29, 1.82) is 0 Å². The fourth-order valence-corrected chi connectivity index (χ4v) is 0.480. The lowest BCUT2D eigenvalue weighted by Gasteiger charge is -1.76. The fourth-order valence-electron chi connectivity index (χ4n) is 0.480. The van der Waals surface area contributed by atoms with E-state index >= 15 is 0 Å². The summed E-state index contributed by atoms with van der Waals surface area (Å²) in [6, 6.07) is 0.664. The van der Waals surface area contributed by atoms with Gasteiger partial charge in [-0.3, -0.25) is 0 Å². The van der Waals surface area contributed by atoms with Crippen molar-refractivity contribution in [3.8, 4) is 0 Å². The van der Waals surface area contributed by atoms with Crippen molar-refractivity contribution in [3.05, 3.63) is 23.6 Å². The van der Waals surface area contributed by atoms with Gasteiger partial charge in [0, 0.05) is 0 Å². The van der Waals surface area contributed by atoms with Gasteiger partial charge < -0.3 is 0 Å². The molecular formula is C5H7B. The van der Waals surface area contributed by atoms with Crippen LogP contribution in [0.25, 0.3) is 0 Å². The summed E-state index contributed by atoms with van der Waals surface area (Å²) < 4.78 is 7.05. The van der Waals surface area contributed by atoms with Gasteiger partial charge in [0.25, 0.3) is 0 Å². The second-order valence-corrected chi connectivity index (χ2v) is 1.57. The highest BCUT2D eigenvalue weighted by Crippen LogP contribution is 1.96. The van der Waals surface area contributed by atoms with Crippen LogP contribution in [-0.2, 0) is 0 Å². The minimum Gasteiger partial charge on any atom is -0.114 e. The van der Waals surface area contributed by atoms with Crippen LogP contribution in [0.2, 0.25) is 0 Å². The van der Waals surface area contributed by atoms with Gasteiger partial charge >= 0.3 is 0 Å². The van der Waals surface area contributed by atoms with Crippen LogP contribution in [0.3, 0.4) is 0 Å². The molecule has 0 atom stereocenters. The topological polar surface area (TPSA) is 0 Å². The van der Waals surface area contributed by atoms with Gasteiger partial charge in [0.15, 0.2) is 7.28 Å². The Kier molecular flexibility index (Phi) is 0.594. The van der Waals surface area contributed by atoms with Crippen molar-refractivity contribution in [2.45, 2.75) is 6.92 Å². The van der Waals surface area contributed by atoms with E-state index in [9.17, 15) is 0 Å².